The van der Waals surface area contributed by atoms with Crippen molar-refractivity contribution in [2.24, 2.45) is 0 Å². The lowest BCUT2D eigenvalue weighted by Gasteiger charge is -2.19. The zero-order valence-electron chi connectivity index (χ0n) is 9.62. The Morgan fingerprint density at radius 3 is 2.71 bits per heavy atom. The summed E-state index contributed by atoms with van der Waals surface area (Å²) in [5, 5.41) is 8.56. The van der Waals surface area contributed by atoms with Gasteiger partial charge < -0.3 is 5.11 Å². The maximum absolute atomic E-state index is 13.4. The number of carboxylic acid groups (broad SMARTS) is 1. The molecule has 0 saturated carbocycles. The Labute approximate surface area is 98.7 Å². The van der Waals surface area contributed by atoms with Gasteiger partial charge in [-0.2, -0.15) is 0 Å². The van der Waals surface area contributed by atoms with Gasteiger partial charge in [0.05, 0.1) is 6.42 Å². The Hall–Kier alpha value is -1.49. The minimum absolute atomic E-state index is 0.00915. The van der Waals surface area contributed by atoms with Crippen molar-refractivity contribution >= 4 is 5.97 Å². The summed E-state index contributed by atoms with van der Waals surface area (Å²) in [6.45, 7) is 2.97. The predicted octanol–water partition coefficient (Wildman–Crippen LogP) is 2.26. The van der Waals surface area contributed by atoms with Crippen molar-refractivity contribution in [3.8, 4) is 0 Å². The number of aliphatic carboxylic acids is 1. The molecular formula is C12H15F2NO2. The minimum Gasteiger partial charge on any atom is -0.481 e. The molecule has 1 rings (SSSR count). The first-order valence-electron chi connectivity index (χ1n) is 5.41. The van der Waals surface area contributed by atoms with Crippen LogP contribution in [-0.4, -0.2) is 29.1 Å². The first kappa shape index (κ1) is 13.6. The van der Waals surface area contributed by atoms with Gasteiger partial charge in [-0.25, -0.2) is 8.78 Å². The Kier molecular flexibility index (Phi) is 5.03. The summed E-state index contributed by atoms with van der Waals surface area (Å²) in [6.07, 6.45) is -0.00915. The summed E-state index contributed by atoms with van der Waals surface area (Å²) in [6, 6.07) is 3.28. The molecular weight excluding hydrogens is 228 g/mol. The van der Waals surface area contributed by atoms with Crippen LogP contribution in [0.5, 0.6) is 0 Å². The van der Waals surface area contributed by atoms with E-state index in [0.717, 1.165) is 18.2 Å². The van der Waals surface area contributed by atoms with E-state index in [1.54, 1.807) is 4.90 Å². The second kappa shape index (κ2) is 6.30. The second-order valence-electron chi connectivity index (χ2n) is 3.75. The molecule has 0 bridgehead atoms. The molecule has 0 unspecified atom stereocenters. The number of nitrogens with zero attached hydrogens (tertiary/aromatic N) is 1. The molecule has 0 aliphatic heterocycles. The summed E-state index contributed by atoms with van der Waals surface area (Å²) in [5.41, 5.74) is 0.247. The van der Waals surface area contributed by atoms with E-state index >= 15 is 0 Å². The molecule has 1 aromatic rings. The molecule has 94 valence electrons. The first-order valence-corrected chi connectivity index (χ1v) is 5.41. The molecule has 0 radical (unpaired) electrons. The number of carbonyl (C=O) groups is 1. The molecule has 0 atom stereocenters. The van der Waals surface area contributed by atoms with E-state index in [1.165, 1.54) is 0 Å². The lowest BCUT2D eigenvalue weighted by molar-refractivity contribution is -0.137. The van der Waals surface area contributed by atoms with Crippen molar-refractivity contribution in [2.75, 3.05) is 13.1 Å². The van der Waals surface area contributed by atoms with Gasteiger partial charge in [-0.05, 0) is 24.7 Å². The van der Waals surface area contributed by atoms with Crippen molar-refractivity contribution in [3.05, 3.63) is 35.4 Å². The predicted molar refractivity (Wildman–Crippen MR) is 59.6 cm³/mol. The van der Waals surface area contributed by atoms with E-state index in [-0.39, 0.29) is 18.5 Å². The van der Waals surface area contributed by atoms with Crippen molar-refractivity contribution in [3.63, 3.8) is 0 Å². The molecule has 1 N–H and O–H groups in total. The quantitative estimate of drug-likeness (QED) is 0.833. The number of halogens is 2. The first-order chi connectivity index (χ1) is 8.02. The van der Waals surface area contributed by atoms with Crippen LogP contribution in [0.3, 0.4) is 0 Å². The summed E-state index contributed by atoms with van der Waals surface area (Å²) in [4.78, 5) is 12.2. The molecule has 0 amide bonds. The van der Waals surface area contributed by atoms with Crippen LogP contribution in [0.15, 0.2) is 18.2 Å². The molecule has 0 aliphatic carbocycles. The average molecular weight is 243 g/mol. The van der Waals surface area contributed by atoms with E-state index < -0.39 is 17.6 Å². The van der Waals surface area contributed by atoms with Gasteiger partial charge in [-0.3, -0.25) is 9.69 Å². The third-order valence-electron chi connectivity index (χ3n) is 2.49. The van der Waals surface area contributed by atoms with E-state index in [4.69, 9.17) is 5.11 Å². The number of carboxylic acids is 1. The van der Waals surface area contributed by atoms with Gasteiger partial charge in [0.1, 0.15) is 11.6 Å². The van der Waals surface area contributed by atoms with E-state index in [0.29, 0.717) is 13.1 Å². The zero-order valence-corrected chi connectivity index (χ0v) is 9.62. The lowest BCUT2D eigenvalue weighted by atomic mass is 10.2. The summed E-state index contributed by atoms with van der Waals surface area (Å²) < 4.78 is 26.3. The molecule has 0 fully saturated rings. The Bertz CT molecular complexity index is 396. The summed E-state index contributed by atoms with van der Waals surface area (Å²) >= 11 is 0. The van der Waals surface area contributed by atoms with Crippen LogP contribution in [0.2, 0.25) is 0 Å². The molecule has 0 aromatic heterocycles. The van der Waals surface area contributed by atoms with Gasteiger partial charge in [0.15, 0.2) is 0 Å². The fourth-order valence-electron chi connectivity index (χ4n) is 1.51. The highest BCUT2D eigenvalue weighted by atomic mass is 19.1. The van der Waals surface area contributed by atoms with Crippen molar-refractivity contribution in [1.29, 1.82) is 0 Å². The molecule has 0 spiro atoms. The van der Waals surface area contributed by atoms with Crippen LogP contribution in [0.25, 0.3) is 0 Å². The van der Waals surface area contributed by atoms with Crippen molar-refractivity contribution in [2.45, 2.75) is 19.9 Å². The molecule has 3 nitrogen and oxygen atoms in total. The van der Waals surface area contributed by atoms with Gasteiger partial charge in [-0.1, -0.05) is 6.92 Å². The SMILES string of the molecule is CCN(CCC(=O)O)Cc1cc(F)ccc1F. The highest BCUT2D eigenvalue weighted by Crippen LogP contribution is 2.12. The van der Waals surface area contributed by atoms with Crippen LogP contribution < -0.4 is 0 Å². The van der Waals surface area contributed by atoms with Crippen LogP contribution >= 0.6 is 0 Å². The van der Waals surface area contributed by atoms with Crippen molar-refractivity contribution in [1.82, 2.24) is 4.90 Å². The molecule has 0 heterocycles. The zero-order chi connectivity index (χ0) is 12.8. The third-order valence-corrected chi connectivity index (χ3v) is 2.49. The van der Waals surface area contributed by atoms with Gasteiger partial charge in [0.25, 0.3) is 0 Å². The van der Waals surface area contributed by atoms with E-state index in [2.05, 4.69) is 0 Å². The Morgan fingerprint density at radius 2 is 2.12 bits per heavy atom. The maximum Gasteiger partial charge on any atom is 0.304 e. The Morgan fingerprint density at radius 1 is 1.41 bits per heavy atom. The van der Waals surface area contributed by atoms with Gasteiger partial charge in [0.2, 0.25) is 0 Å². The highest BCUT2D eigenvalue weighted by Gasteiger charge is 2.10. The van der Waals surface area contributed by atoms with Crippen LogP contribution in [-0.2, 0) is 11.3 Å². The molecule has 1 aromatic carbocycles. The van der Waals surface area contributed by atoms with Gasteiger partial charge >= 0.3 is 5.97 Å². The largest absolute Gasteiger partial charge is 0.481 e. The molecule has 0 saturated heterocycles. The molecule has 17 heavy (non-hydrogen) atoms. The third kappa shape index (κ3) is 4.48. The normalized spacial score (nSPS) is 10.8. The fraction of sp³-hybridized carbons (Fsp3) is 0.417. The van der Waals surface area contributed by atoms with Crippen LogP contribution in [0, 0.1) is 11.6 Å². The van der Waals surface area contributed by atoms with Crippen LogP contribution in [0.4, 0.5) is 8.78 Å². The number of hydrogen-bond donors (Lipinski definition) is 1. The van der Waals surface area contributed by atoms with Crippen molar-refractivity contribution < 1.29 is 18.7 Å². The van der Waals surface area contributed by atoms with Crippen LogP contribution in [0.1, 0.15) is 18.9 Å². The number of benzene rings is 1. The minimum atomic E-state index is -0.900. The van der Waals surface area contributed by atoms with Gasteiger partial charge in [-0.15, -0.1) is 0 Å². The number of rotatable bonds is 6. The molecule has 5 heteroatoms. The number of hydrogen-bond acceptors (Lipinski definition) is 2. The standard InChI is InChI=1S/C12H15F2NO2/c1-2-15(6-5-12(16)17)8-9-7-10(13)3-4-11(9)14/h3-4,7H,2,5-6,8H2,1H3,(H,16,17). The second-order valence-corrected chi connectivity index (χ2v) is 3.75. The Balaban J connectivity index is 2.66. The van der Waals surface area contributed by atoms with E-state index in [1.807, 2.05) is 6.92 Å². The lowest BCUT2D eigenvalue weighted by Crippen LogP contribution is -2.26. The smallest absolute Gasteiger partial charge is 0.304 e. The maximum atomic E-state index is 13.4. The monoisotopic (exact) mass is 243 g/mol. The topological polar surface area (TPSA) is 40.5 Å². The average Bonchev–Trinajstić information content (AvgIpc) is 2.28. The summed E-state index contributed by atoms with van der Waals surface area (Å²) in [7, 11) is 0. The fourth-order valence-corrected chi connectivity index (χ4v) is 1.51. The molecule has 0 aliphatic rings. The highest BCUT2D eigenvalue weighted by molar-refractivity contribution is 5.66. The summed E-state index contributed by atoms with van der Waals surface area (Å²) in [5.74, 6) is -1.86. The van der Waals surface area contributed by atoms with E-state index in [9.17, 15) is 13.6 Å². The van der Waals surface area contributed by atoms with Gasteiger partial charge in [0, 0.05) is 18.7 Å².